The molecule has 4 rings (SSSR count). The molecular weight excluding hydrogens is 314 g/mol. The lowest BCUT2D eigenvalue weighted by molar-refractivity contribution is 0.863. The van der Waals surface area contributed by atoms with Crippen molar-refractivity contribution >= 4 is 28.5 Å². The van der Waals surface area contributed by atoms with Gasteiger partial charge in [-0.3, -0.25) is 5.10 Å². The molecule has 7 heteroatoms. The van der Waals surface area contributed by atoms with Crippen LogP contribution in [0.4, 0.5) is 17.6 Å². The Kier molecular flexibility index (Phi) is 3.81. The van der Waals surface area contributed by atoms with Crippen molar-refractivity contribution in [2.75, 3.05) is 10.6 Å². The molecule has 1 aromatic carbocycles. The van der Waals surface area contributed by atoms with Crippen LogP contribution in [0.5, 0.6) is 0 Å². The van der Waals surface area contributed by atoms with Crippen molar-refractivity contribution in [1.29, 1.82) is 0 Å². The van der Waals surface area contributed by atoms with E-state index < -0.39 is 0 Å². The van der Waals surface area contributed by atoms with Crippen molar-refractivity contribution < 1.29 is 0 Å². The third-order valence-corrected chi connectivity index (χ3v) is 4.04. The van der Waals surface area contributed by atoms with Crippen LogP contribution >= 0.6 is 0 Å². The van der Waals surface area contributed by atoms with Crippen molar-refractivity contribution in [3.8, 4) is 0 Å². The van der Waals surface area contributed by atoms with E-state index in [2.05, 4.69) is 67.0 Å². The highest BCUT2D eigenvalue weighted by Crippen LogP contribution is 2.22. The van der Waals surface area contributed by atoms with Gasteiger partial charge in [0.2, 0.25) is 5.95 Å². The number of aromatic nitrogens is 5. The second-order valence-corrected chi connectivity index (χ2v) is 6.02. The van der Waals surface area contributed by atoms with E-state index in [1.807, 2.05) is 25.3 Å². The second-order valence-electron chi connectivity index (χ2n) is 6.02. The summed E-state index contributed by atoms with van der Waals surface area (Å²) in [5, 5.41) is 14.7. The summed E-state index contributed by atoms with van der Waals surface area (Å²) in [5.41, 5.74) is 3.30. The van der Waals surface area contributed by atoms with Crippen LogP contribution in [-0.4, -0.2) is 25.1 Å². The number of fused-ring (bicyclic) bond motifs is 1. The normalized spacial score (nSPS) is 12.2. The number of aromatic amines is 2. The van der Waals surface area contributed by atoms with Crippen LogP contribution in [0.2, 0.25) is 0 Å². The molecule has 25 heavy (non-hydrogen) atoms. The summed E-state index contributed by atoms with van der Waals surface area (Å²) in [5.74, 6) is 1.99. The van der Waals surface area contributed by atoms with Gasteiger partial charge >= 0.3 is 0 Å². The molecule has 4 N–H and O–H groups in total. The highest BCUT2D eigenvalue weighted by atomic mass is 15.2. The molecule has 126 valence electrons. The van der Waals surface area contributed by atoms with E-state index in [4.69, 9.17) is 0 Å². The summed E-state index contributed by atoms with van der Waals surface area (Å²) in [6.45, 7) is 4.04. The third kappa shape index (κ3) is 3.30. The average molecular weight is 333 g/mol. The fourth-order valence-corrected chi connectivity index (χ4v) is 2.73. The fourth-order valence-electron chi connectivity index (χ4n) is 2.73. The number of hydrogen-bond donors (Lipinski definition) is 4. The minimum atomic E-state index is 0.0854. The number of benzene rings is 1. The molecule has 0 bridgehead atoms. The van der Waals surface area contributed by atoms with Crippen molar-refractivity contribution in [3.05, 3.63) is 60.0 Å². The molecule has 3 heterocycles. The Balaban J connectivity index is 1.50. The molecule has 0 aliphatic rings. The van der Waals surface area contributed by atoms with Gasteiger partial charge < -0.3 is 15.6 Å². The van der Waals surface area contributed by atoms with E-state index in [-0.39, 0.29) is 6.04 Å². The van der Waals surface area contributed by atoms with Gasteiger partial charge in [0, 0.05) is 29.7 Å². The van der Waals surface area contributed by atoms with Gasteiger partial charge in [-0.15, -0.1) is 0 Å². The van der Waals surface area contributed by atoms with Crippen molar-refractivity contribution in [1.82, 2.24) is 25.1 Å². The maximum atomic E-state index is 4.50. The first-order valence-corrected chi connectivity index (χ1v) is 8.13. The maximum absolute atomic E-state index is 4.50. The molecule has 0 aliphatic heterocycles. The van der Waals surface area contributed by atoms with Crippen LogP contribution in [0, 0.1) is 6.92 Å². The molecule has 0 unspecified atom stereocenters. The first-order valence-electron chi connectivity index (χ1n) is 8.13. The van der Waals surface area contributed by atoms with Crippen molar-refractivity contribution in [2.45, 2.75) is 19.9 Å². The molecule has 0 fully saturated rings. The summed E-state index contributed by atoms with van der Waals surface area (Å²) in [6, 6.07) is 12.2. The van der Waals surface area contributed by atoms with Crippen molar-refractivity contribution in [3.63, 3.8) is 0 Å². The van der Waals surface area contributed by atoms with Gasteiger partial charge in [0.05, 0.1) is 6.04 Å². The van der Waals surface area contributed by atoms with E-state index in [0.29, 0.717) is 11.8 Å². The first kappa shape index (κ1) is 15.2. The molecule has 0 radical (unpaired) electrons. The highest BCUT2D eigenvalue weighted by molar-refractivity contribution is 5.80. The second kappa shape index (κ2) is 6.27. The zero-order valence-corrected chi connectivity index (χ0v) is 14.0. The number of nitrogens with zero attached hydrogens (tertiary/aromatic N) is 3. The maximum Gasteiger partial charge on any atom is 0.225 e. The molecule has 4 aromatic rings. The average Bonchev–Trinajstić information content (AvgIpc) is 3.23. The van der Waals surface area contributed by atoms with Gasteiger partial charge in [-0.05, 0) is 49.1 Å². The summed E-state index contributed by atoms with van der Waals surface area (Å²) in [4.78, 5) is 12.0. The number of aryl methyl sites for hydroxylation is 1. The highest BCUT2D eigenvalue weighted by Gasteiger charge is 2.09. The van der Waals surface area contributed by atoms with Crippen LogP contribution in [-0.2, 0) is 0 Å². The minimum Gasteiger partial charge on any atom is -0.361 e. The van der Waals surface area contributed by atoms with Gasteiger partial charge in [-0.2, -0.15) is 10.1 Å². The lowest BCUT2D eigenvalue weighted by atomic mass is 10.1. The Morgan fingerprint density at radius 3 is 2.84 bits per heavy atom. The van der Waals surface area contributed by atoms with Gasteiger partial charge in [0.25, 0.3) is 0 Å². The SMILES string of the molecule is Cc1cc(Nc2ccnc(N[C@@H](C)c3ccc4[nH]ccc4c3)n2)n[nH]1. The van der Waals surface area contributed by atoms with Gasteiger partial charge in [0.15, 0.2) is 5.82 Å². The molecule has 0 aliphatic carbocycles. The Morgan fingerprint density at radius 2 is 2.00 bits per heavy atom. The van der Waals surface area contributed by atoms with Gasteiger partial charge in [-0.1, -0.05) is 6.07 Å². The predicted octanol–water partition coefficient (Wildman–Crippen LogP) is 3.91. The molecule has 1 atom stereocenters. The Bertz CT molecular complexity index is 1000. The summed E-state index contributed by atoms with van der Waals surface area (Å²) >= 11 is 0. The van der Waals surface area contributed by atoms with Crippen LogP contribution in [0.25, 0.3) is 10.9 Å². The topological polar surface area (TPSA) is 94.3 Å². The summed E-state index contributed by atoms with van der Waals surface area (Å²) < 4.78 is 0. The predicted molar refractivity (Wildman–Crippen MR) is 99.0 cm³/mol. The van der Waals surface area contributed by atoms with Crippen LogP contribution in [0.3, 0.4) is 0 Å². The van der Waals surface area contributed by atoms with Crippen LogP contribution in [0.1, 0.15) is 24.2 Å². The standard InChI is InChI=1S/C18H19N7/c1-11-9-17(25-24-11)22-16-6-8-20-18(23-16)21-12(2)13-3-4-15-14(10-13)5-7-19-15/h3-10,12,19H,1-2H3,(H3,20,21,22,23,24,25)/t12-/m0/s1. The van der Waals surface area contributed by atoms with E-state index in [1.165, 1.54) is 10.9 Å². The fraction of sp³-hybridized carbons (Fsp3) is 0.167. The monoisotopic (exact) mass is 333 g/mol. The molecule has 7 nitrogen and oxygen atoms in total. The summed E-state index contributed by atoms with van der Waals surface area (Å²) in [7, 11) is 0. The lowest BCUT2D eigenvalue weighted by Crippen LogP contribution is -2.10. The van der Waals surface area contributed by atoms with E-state index in [9.17, 15) is 0 Å². The number of nitrogens with one attached hydrogen (secondary N) is 4. The quantitative estimate of drug-likeness (QED) is 0.444. The van der Waals surface area contributed by atoms with E-state index in [1.54, 1.807) is 6.20 Å². The Morgan fingerprint density at radius 1 is 1.08 bits per heavy atom. The zero-order chi connectivity index (χ0) is 17.2. The van der Waals surface area contributed by atoms with Crippen molar-refractivity contribution in [2.24, 2.45) is 0 Å². The molecule has 0 spiro atoms. The number of hydrogen-bond acceptors (Lipinski definition) is 5. The van der Waals surface area contributed by atoms with Gasteiger partial charge in [-0.25, -0.2) is 4.98 Å². The zero-order valence-electron chi connectivity index (χ0n) is 14.0. The lowest BCUT2D eigenvalue weighted by Gasteiger charge is -2.15. The molecule has 0 saturated carbocycles. The number of rotatable bonds is 5. The van der Waals surface area contributed by atoms with Gasteiger partial charge in [0.1, 0.15) is 5.82 Å². The number of anilines is 3. The minimum absolute atomic E-state index is 0.0854. The van der Waals surface area contributed by atoms with E-state index in [0.717, 1.165) is 17.0 Å². The smallest absolute Gasteiger partial charge is 0.225 e. The molecule has 3 aromatic heterocycles. The van der Waals surface area contributed by atoms with E-state index >= 15 is 0 Å². The number of H-pyrrole nitrogens is 2. The largest absolute Gasteiger partial charge is 0.361 e. The molecule has 0 saturated heterocycles. The summed E-state index contributed by atoms with van der Waals surface area (Å²) in [6.07, 6.45) is 3.67. The molecular formula is C18H19N7. The molecule has 0 amide bonds. The van der Waals surface area contributed by atoms with Crippen LogP contribution < -0.4 is 10.6 Å². The Labute approximate surface area is 144 Å². The Hall–Kier alpha value is -3.35. The first-order chi connectivity index (χ1) is 12.2. The van der Waals surface area contributed by atoms with Crippen LogP contribution in [0.15, 0.2) is 48.8 Å². The third-order valence-electron chi connectivity index (χ3n) is 4.04.